The van der Waals surface area contributed by atoms with E-state index in [4.69, 9.17) is 0 Å². The summed E-state index contributed by atoms with van der Waals surface area (Å²) in [6, 6.07) is 1.29. The number of aryl methyl sites for hydroxylation is 1. The number of imide groups is 1. The molecule has 0 bridgehead atoms. The van der Waals surface area contributed by atoms with E-state index in [9.17, 15) is 44.1 Å². The van der Waals surface area contributed by atoms with Crippen molar-refractivity contribution in [1.29, 1.82) is 0 Å². The summed E-state index contributed by atoms with van der Waals surface area (Å²) in [6.07, 6.45) is 0. The Balaban J connectivity index is 1.53. The second-order valence-electron chi connectivity index (χ2n) is 9.62. The molecule has 1 aromatic heterocycles. The Morgan fingerprint density at radius 2 is 1.89 bits per heavy atom. The molecule has 0 radical (unpaired) electrons. The first-order valence-electron chi connectivity index (χ1n) is 13.3. The maximum atomic E-state index is 13.6. The number of β-lactam (4-membered cyclic amide) rings is 1. The highest BCUT2D eigenvalue weighted by molar-refractivity contribution is 8.01. The fourth-order valence-corrected chi connectivity index (χ4v) is 6.81. The zero-order valence-corrected chi connectivity index (χ0v) is 25.5. The summed E-state index contributed by atoms with van der Waals surface area (Å²) in [6.45, 7) is 2.02. The number of phenols is 1. The summed E-state index contributed by atoms with van der Waals surface area (Å²) in [5.41, 5.74) is 0.408. The molecule has 1 fully saturated rings. The number of hydrogen-bond acceptors (Lipinski definition) is 13. The SMILES string of the molecule is CCNCCN(C(=O)N[C@@H](C(=O)N[C@@H]1C(=O)N2C(C(=O)O)=C(CSc3nnnn3C)CS[C@H]12)c1ccc(O)cc1)C(=O)C(=O)O. The number of nitrogens with zero attached hydrogens (tertiary/aromatic N) is 6. The van der Waals surface area contributed by atoms with Crippen LogP contribution in [0.2, 0.25) is 0 Å². The molecule has 6 N–H and O–H groups in total. The van der Waals surface area contributed by atoms with Crippen LogP contribution in [0.25, 0.3) is 0 Å². The van der Waals surface area contributed by atoms with Crippen molar-refractivity contribution >= 4 is 59.2 Å². The summed E-state index contributed by atoms with van der Waals surface area (Å²) in [7, 11) is 1.63. The van der Waals surface area contributed by atoms with E-state index in [1.165, 1.54) is 52.5 Å². The normalized spacial score (nSPS) is 18.0. The maximum Gasteiger partial charge on any atom is 0.395 e. The highest BCUT2D eigenvalue weighted by atomic mass is 32.2. The Morgan fingerprint density at radius 3 is 2.49 bits per heavy atom. The number of carboxylic acid groups (broad SMARTS) is 2. The van der Waals surface area contributed by atoms with E-state index in [1.54, 1.807) is 14.0 Å². The van der Waals surface area contributed by atoms with Gasteiger partial charge >= 0.3 is 23.9 Å². The quantitative estimate of drug-likeness (QED) is 0.0670. The molecule has 2 aliphatic heterocycles. The lowest BCUT2D eigenvalue weighted by Crippen LogP contribution is -2.71. The molecule has 3 atom stereocenters. The summed E-state index contributed by atoms with van der Waals surface area (Å²) in [5, 5.41) is 47.5. The number of urea groups is 1. The van der Waals surface area contributed by atoms with Crippen LogP contribution in [0.4, 0.5) is 4.79 Å². The fraction of sp³-hybridized carbons (Fsp3) is 0.400. The lowest BCUT2D eigenvalue weighted by atomic mass is 10.0. The first-order chi connectivity index (χ1) is 21.4. The monoisotopic (exact) mass is 663 g/mol. The van der Waals surface area contributed by atoms with Crippen molar-refractivity contribution in [2.45, 2.75) is 29.5 Å². The highest BCUT2D eigenvalue weighted by Crippen LogP contribution is 2.41. The van der Waals surface area contributed by atoms with E-state index in [1.807, 2.05) is 0 Å². The van der Waals surface area contributed by atoms with Crippen molar-refractivity contribution in [3.05, 3.63) is 41.1 Å². The molecule has 2 aliphatic rings. The Kier molecular flexibility index (Phi) is 10.6. The van der Waals surface area contributed by atoms with Crippen LogP contribution >= 0.6 is 23.5 Å². The molecule has 20 heteroatoms. The smallest absolute Gasteiger partial charge is 0.395 e. The zero-order chi connectivity index (χ0) is 32.8. The van der Waals surface area contributed by atoms with Crippen LogP contribution in [-0.4, -0.2) is 124 Å². The molecule has 0 spiro atoms. The van der Waals surface area contributed by atoms with Crippen LogP contribution in [0.3, 0.4) is 0 Å². The number of amides is 5. The van der Waals surface area contributed by atoms with Crippen molar-refractivity contribution in [3.8, 4) is 5.75 Å². The molecule has 5 amide bonds. The van der Waals surface area contributed by atoms with Gasteiger partial charge < -0.3 is 31.3 Å². The number of carbonyl (C=O) groups is 6. The topological polar surface area (TPSA) is 249 Å². The van der Waals surface area contributed by atoms with E-state index in [-0.39, 0.29) is 41.6 Å². The molecule has 0 saturated carbocycles. The Morgan fingerprint density at radius 1 is 1.18 bits per heavy atom. The molecule has 0 aliphatic carbocycles. The van der Waals surface area contributed by atoms with E-state index < -0.39 is 53.1 Å². The van der Waals surface area contributed by atoms with Crippen molar-refractivity contribution in [1.82, 2.24) is 46.0 Å². The lowest BCUT2D eigenvalue weighted by Gasteiger charge is -2.49. The summed E-state index contributed by atoms with van der Waals surface area (Å²) in [4.78, 5) is 77.3. The summed E-state index contributed by atoms with van der Waals surface area (Å²) >= 11 is 2.44. The first-order valence-corrected chi connectivity index (χ1v) is 15.4. The second-order valence-corrected chi connectivity index (χ2v) is 11.7. The fourth-order valence-electron chi connectivity index (χ4n) is 4.47. The number of fused-ring (bicyclic) bond motifs is 1. The number of likely N-dealkylation sites (N-methyl/N-ethyl adjacent to an activating group) is 1. The van der Waals surface area contributed by atoms with Crippen LogP contribution in [0.1, 0.15) is 18.5 Å². The van der Waals surface area contributed by atoms with Crippen LogP contribution in [0, 0.1) is 0 Å². The maximum absolute atomic E-state index is 13.6. The van der Waals surface area contributed by atoms with E-state index >= 15 is 0 Å². The van der Waals surface area contributed by atoms with Gasteiger partial charge in [-0.1, -0.05) is 30.8 Å². The molecule has 18 nitrogen and oxygen atoms in total. The molecule has 1 aromatic carbocycles. The molecule has 1 saturated heterocycles. The van der Waals surface area contributed by atoms with Gasteiger partial charge in [-0.3, -0.25) is 24.2 Å². The van der Waals surface area contributed by atoms with E-state index in [2.05, 4.69) is 31.5 Å². The second kappa shape index (κ2) is 14.4. The standard InChI is InChI=1S/C25H29N9O9S2/c1-3-26-8-9-33(20(38)23(41)42)24(43)28-15(12-4-6-14(35)7-5-12)18(36)27-16-19(37)34-17(22(39)40)13(10-44-21(16)34)11-45-25-29-30-31-32(25)2/h4-7,15-16,21,26,35H,3,8-11H2,1-2H3,(H,27,36)(H,28,43)(H,39,40)(H,41,42)/t15-,16-,21-/m1/s1. The number of carboxylic acids is 2. The van der Waals surface area contributed by atoms with Crippen molar-refractivity contribution in [3.63, 3.8) is 0 Å². The number of carbonyl (C=O) groups excluding carboxylic acids is 4. The van der Waals surface area contributed by atoms with Gasteiger partial charge in [0.2, 0.25) is 11.1 Å². The average molecular weight is 664 g/mol. The van der Waals surface area contributed by atoms with Gasteiger partial charge in [0.25, 0.3) is 5.91 Å². The summed E-state index contributed by atoms with van der Waals surface area (Å²) in [5.74, 6) is -6.00. The number of aliphatic carboxylic acids is 2. The highest BCUT2D eigenvalue weighted by Gasteiger charge is 2.54. The average Bonchev–Trinajstić information content (AvgIpc) is 3.43. The van der Waals surface area contributed by atoms with E-state index in [0.717, 1.165) is 4.90 Å². The summed E-state index contributed by atoms with van der Waals surface area (Å²) < 4.78 is 1.42. The minimum Gasteiger partial charge on any atom is -0.508 e. The van der Waals surface area contributed by atoms with Gasteiger partial charge in [0.15, 0.2) is 0 Å². The molecule has 240 valence electrons. The Bertz CT molecular complexity index is 1530. The number of nitrogens with one attached hydrogen (secondary N) is 3. The van der Waals surface area contributed by atoms with Gasteiger partial charge in [0, 0.05) is 31.6 Å². The van der Waals surface area contributed by atoms with Gasteiger partial charge in [-0.15, -0.1) is 16.9 Å². The number of phenolic OH excluding ortho intramolecular Hbond substituents is 1. The predicted molar refractivity (Wildman–Crippen MR) is 156 cm³/mol. The number of aromatic nitrogens is 4. The van der Waals surface area contributed by atoms with Gasteiger partial charge in [0.05, 0.1) is 0 Å². The molecular weight excluding hydrogens is 634 g/mol. The van der Waals surface area contributed by atoms with Crippen molar-refractivity contribution < 1.29 is 44.1 Å². The predicted octanol–water partition coefficient (Wildman–Crippen LogP) is -1.28. The van der Waals surface area contributed by atoms with Gasteiger partial charge in [-0.05, 0) is 40.2 Å². The number of benzene rings is 1. The lowest BCUT2D eigenvalue weighted by molar-refractivity contribution is -0.154. The molecule has 0 unspecified atom stereocenters. The largest absolute Gasteiger partial charge is 0.508 e. The van der Waals surface area contributed by atoms with Crippen LogP contribution in [-0.2, 0) is 31.0 Å². The molecule has 4 rings (SSSR count). The number of aromatic hydroxyl groups is 1. The van der Waals surface area contributed by atoms with Crippen LogP contribution < -0.4 is 16.0 Å². The molecule has 2 aromatic rings. The number of rotatable bonds is 12. The minimum atomic E-state index is -1.88. The third kappa shape index (κ3) is 7.35. The number of tetrazole rings is 1. The van der Waals surface area contributed by atoms with Gasteiger partial charge in [0.1, 0.15) is 28.9 Å². The van der Waals surface area contributed by atoms with Gasteiger partial charge in [-0.25, -0.2) is 19.1 Å². The Labute approximate surface area is 263 Å². The van der Waals surface area contributed by atoms with Crippen LogP contribution in [0.5, 0.6) is 5.75 Å². The van der Waals surface area contributed by atoms with Crippen LogP contribution in [0.15, 0.2) is 40.7 Å². The zero-order valence-electron chi connectivity index (χ0n) is 23.9. The van der Waals surface area contributed by atoms with Crippen molar-refractivity contribution in [2.75, 3.05) is 31.1 Å². The molecule has 3 heterocycles. The Hall–Kier alpha value is -4.69. The number of thioether (sulfide) groups is 2. The van der Waals surface area contributed by atoms with Crippen molar-refractivity contribution in [2.24, 2.45) is 7.05 Å². The van der Waals surface area contributed by atoms with Gasteiger partial charge in [-0.2, -0.15) is 0 Å². The minimum absolute atomic E-state index is 0.0831. The van der Waals surface area contributed by atoms with E-state index in [0.29, 0.717) is 22.2 Å². The third-order valence-corrected chi connectivity index (χ3v) is 9.13. The number of hydrogen-bond donors (Lipinski definition) is 6. The third-order valence-electron chi connectivity index (χ3n) is 6.70. The molecule has 45 heavy (non-hydrogen) atoms. The molecular formula is C25H29N9O9S2. The first kappa shape index (κ1) is 33.2.